The summed E-state index contributed by atoms with van der Waals surface area (Å²) in [6.45, 7) is 34.2. The summed E-state index contributed by atoms with van der Waals surface area (Å²) in [5.74, 6) is 2.46. The Morgan fingerprint density at radius 1 is 0.562 bits per heavy atom. The van der Waals surface area contributed by atoms with Crippen LogP contribution in [0.5, 0.6) is 11.5 Å². The van der Waals surface area contributed by atoms with Gasteiger partial charge >= 0.3 is 0 Å². The van der Waals surface area contributed by atoms with E-state index >= 15 is 0 Å². The number of nitriles is 1. The Hall–Kier alpha value is -8.96. The Bertz CT molecular complexity index is 5040. The van der Waals surface area contributed by atoms with Crippen LogP contribution in [0.4, 0.5) is 22.7 Å². The van der Waals surface area contributed by atoms with Crippen molar-refractivity contribution in [1.82, 2.24) is 9.55 Å². The molecule has 0 atom stereocenters. The molecule has 0 unspecified atom stereocenters. The van der Waals surface area contributed by atoms with Gasteiger partial charge in [-0.3, -0.25) is 4.57 Å². The number of benzene rings is 9. The van der Waals surface area contributed by atoms with E-state index in [4.69, 9.17) is 13.8 Å². The van der Waals surface area contributed by atoms with E-state index < -0.39 is 6.04 Å². The van der Waals surface area contributed by atoms with E-state index in [2.05, 4.69) is 252 Å². The number of hydrogen-bond donors (Lipinski definition) is 0. The Morgan fingerprint density at radius 3 is 1.85 bits per heavy atom. The fourth-order valence-corrected chi connectivity index (χ4v) is 14.3. The van der Waals surface area contributed by atoms with Gasteiger partial charge in [0, 0.05) is 66.1 Å². The number of rotatable bonds is 11. The summed E-state index contributed by atoms with van der Waals surface area (Å²) >= 11 is 1.72. The molecule has 1 aliphatic rings. The Balaban J connectivity index is 1.04. The molecule has 9 aromatic carbocycles. The molecule has 7 heteroatoms. The third-order valence-electron chi connectivity index (χ3n) is 19.0. The van der Waals surface area contributed by atoms with Crippen molar-refractivity contribution < 1.29 is 11.6 Å². The molecule has 0 saturated carbocycles. The fraction of sp³-hybridized carbons (Fsp3) is 0.268. The first-order chi connectivity index (χ1) is 44.5. The van der Waals surface area contributed by atoms with Crippen molar-refractivity contribution in [1.29, 1.82) is 5.26 Å². The van der Waals surface area contributed by atoms with Gasteiger partial charge in [-0.25, -0.2) is 4.98 Å². The maximum atomic E-state index is 10.4. The first kappa shape index (κ1) is 53.1. The Kier molecular flexibility index (Phi) is 13.1. The summed E-state index contributed by atoms with van der Waals surface area (Å²) < 4.78 is 57.5. The lowest BCUT2D eigenvalue weighted by Crippen LogP contribution is -2.34. The van der Waals surface area contributed by atoms with E-state index in [1.165, 1.54) is 27.8 Å². The van der Waals surface area contributed by atoms with Crippen LogP contribution in [0.3, 0.4) is 0 Å². The van der Waals surface area contributed by atoms with Crippen LogP contribution in [0.2, 0.25) is 0 Å². The van der Waals surface area contributed by atoms with Crippen LogP contribution in [0.15, 0.2) is 194 Å². The number of anilines is 4. The number of fused-ring (bicyclic) bond motifs is 8. The largest absolute Gasteiger partial charge is 0.457 e. The SMILES string of the molecule is [2H]c1c([2H])c([2H])c(-c2cccc(-c3cc(C(C)(C)C)cc(C(C)(C)C)c3)c2N2CN(c3cc(Oc4ccc5c6c7sc8cccc(C#N)c8c7ccc6n(-c6cc(C(C)(C)C(C)(C)C)ccn6)c5c4)cc(-c4c(C(C)C)cccc4C(C)C)c3)c3ccccc32)c([2H])c1[2H]. The molecule has 0 spiro atoms. The quantitative estimate of drug-likeness (QED) is 0.129. The summed E-state index contributed by atoms with van der Waals surface area (Å²) in [5.41, 5.74) is 16.0. The van der Waals surface area contributed by atoms with Gasteiger partial charge in [-0.05, 0) is 150 Å². The van der Waals surface area contributed by atoms with Crippen LogP contribution in [0, 0.1) is 16.7 Å². The molecule has 6 nitrogen and oxygen atoms in total. The van der Waals surface area contributed by atoms with Gasteiger partial charge in [0.05, 0.1) is 46.6 Å². The zero-order valence-electron chi connectivity index (χ0n) is 59.0. The molecule has 446 valence electrons. The van der Waals surface area contributed by atoms with Crippen molar-refractivity contribution >= 4 is 76.1 Å². The van der Waals surface area contributed by atoms with Crippen molar-refractivity contribution in [2.45, 2.75) is 132 Å². The normalized spacial score (nSPS) is 14.0. The molecule has 0 N–H and O–H groups in total. The van der Waals surface area contributed by atoms with E-state index in [9.17, 15) is 8.00 Å². The fourth-order valence-electron chi connectivity index (χ4n) is 13.0. The van der Waals surface area contributed by atoms with Gasteiger partial charge in [-0.15, -0.1) is 11.3 Å². The van der Waals surface area contributed by atoms with E-state index in [1.54, 1.807) is 11.3 Å². The smallest absolute Gasteiger partial charge is 0.137 e. The molecule has 0 aliphatic carbocycles. The monoisotopic (exact) mass is 1190 g/mol. The van der Waals surface area contributed by atoms with Gasteiger partial charge in [0.15, 0.2) is 0 Å². The van der Waals surface area contributed by atoms with Crippen LogP contribution in [-0.2, 0) is 16.2 Å². The molecule has 0 fully saturated rings. The first-order valence-corrected chi connectivity index (χ1v) is 32.0. The lowest BCUT2D eigenvalue weighted by atomic mass is 9.65. The van der Waals surface area contributed by atoms with Crippen molar-refractivity contribution in [2.75, 3.05) is 16.5 Å². The van der Waals surface area contributed by atoms with Crippen molar-refractivity contribution in [3.05, 3.63) is 228 Å². The Labute approximate surface area is 537 Å². The van der Waals surface area contributed by atoms with Gasteiger partial charge in [0.2, 0.25) is 0 Å². The van der Waals surface area contributed by atoms with Gasteiger partial charge in [-0.1, -0.05) is 213 Å². The summed E-state index contributed by atoms with van der Waals surface area (Å²) in [6, 6.07) is 56.3. The number of nitrogens with zero attached hydrogens (tertiary/aromatic N) is 5. The highest BCUT2D eigenvalue weighted by molar-refractivity contribution is 7.26. The number of thiophene rings is 1. The minimum absolute atomic E-state index is 0.0553. The summed E-state index contributed by atoms with van der Waals surface area (Å²) in [6.07, 6.45) is 1.93. The third-order valence-corrected chi connectivity index (χ3v) is 20.1. The topological polar surface area (TPSA) is 57.3 Å². The molecule has 4 heterocycles. The molecule has 0 bridgehead atoms. The molecule has 0 amide bonds. The van der Waals surface area contributed by atoms with E-state index in [0.717, 1.165) is 92.8 Å². The van der Waals surface area contributed by atoms with Crippen LogP contribution < -0.4 is 14.5 Å². The van der Waals surface area contributed by atoms with Gasteiger partial charge in [-0.2, -0.15) is 5.26 Å². The predicted octanol–water partition coefficient (Wildman–Crippen LogP) is 23.6. The third kappa shape index (κ3) is 10.3. The highest BCUT2D eigenvalue weighted by atomic mass is 32.1. The van der Waals surface area contributed by atoms with Gasteiger partial charge < -0.3 is 14.5 Å². The molecular weight excluding hydrogens is 1100 g/mol. The number of aromatic nitrogens is 2. The summed E-state index contributed by atoms with van der Waals surface area (Å²) in [5, 5.41) is 14.5. The average Bonchev–Trinajstić information content (AvgIpc) is 1.54. The van der Waals surface area contributed by atoms with Crippen molar-refractivity contribution in [3.63, 3.8) is 0 Å². The molecule has 89 heavy (non-hydrogen) atoms. The van der Waals surface area contributed by atoms with Crippen LogP contribution in [0.25, 0.3) is 81.2 Å². The number of para-hydroxylation sites is 3. The minimum Gasteiger partial charge on any atom is -0.457 e. The zero-order valence-corrected chi connectivity index (χ0v) is 54.8. The highest BCUT2D eigenvalue weighted by Crippen LogP contribution is 2.53. The lowest BCUT2D eigenvalue weighted by Gasteiger charge is -2.39. The van der Waals surface area contributed by atoms with Crippen molar-refractivity contribution in [3.8, 4) is 56.8 Å². The van der Waals surface area contributed by atoms with Crippen molar-refractivity contribution in [2.24, 2.45) is 5.41 Å². The summed E-state index contributed by atoms with van der Waals surface area (Å²) in [7, 11) is 0. The number of ether oxygens (including phenoxy) is 1. The van der Waals surface area contributed by atoms with Crippen LogP contribution in [0.1, 0.15) is 156 Å². The minimum atomic E-state index is -0.436. The first-order valence-electron chi connectivity index (χ1n) is 33.7. The molecule has 0 saturated heterocycles. The Morgan fingerprint density at radius 2 is 1.20 bits per heavy atom. The maximum Gasteiger partial charge on any atom is 0.137 e. The number of hydrogen-bond acceptors (Lipinski definition) is 6. The zero-order chi connectivity index (χ0) is 67.0. The molecule has 0 radical (unpaired) electrons. The molecule has 1 aliphatic heterocycles. The number of pyridine rings is 1. The predicted molar refractivity (Wildman–Crippen MR) is 379 cm³/mol. The van der Waals surface area contributed by atoms with E-state index in [1.807, 2.05) is 36.5 Å². The van der Waals surface area contributed by atoms with E-state index in [-0.39, 0.29) is 63.2 Å². The average molecular weight is 1190 g/mol. The highest BCUT2D eigenvalue weighted by Gasteiger charge is 2.36. The maximum absolute atomic E-state index is 10.4. The van der Waals surface area contributed by atoms with Gasteiger partial charge in [0.25, 0.3) is 0 Å². The molecular formula is C82H81N5OS. The second-order valence-corrected chi connectivity index (χ2v) is 29.5. The molecule has 13 rings (SSSR count). The van der Waals surface area contributed by atoms with Crippen LogP contribution in [-0.4, -0.2) is 16.2 Å². The van der Waals surface area contributed by atoms with Crippen LogP contribution >= 0.6 is 11.3 Å². The lowest BCUT2D eigenvalue weighted by molar-refractivity contribution is 0.225. The van der Waals surface area contributed by atoms with E-state index in [0.29, 0.717) is 29.3 Å². The second-order valence-electron chi connectivity index (χ2n) is 28.4. The molecule has 12 aromatic rings. The summed E-state index contributed by atoms with van der Waals surface area (Å²) in [4.78, 5) is 9.74. The molecule has 3 aromatic heterocycles. The standard InChI is InChI=1S/C82H81N5OS/c1-50(2)62-27-22-28-63(51(3)4)74(62)55-42-59(85-49-86(69-32-20-19-31-68(69)85)77-64(52-24-17-16-18-25-52)29-23-30-65(77)54-40-57(79(5,6)7)44-58(41-54)80(8,9)10)46-61(43-55)88-60-34-35-66-71(47-60)87(73-45-56(38-39-84-73)82(14,15)81(11,12)13)70-37-36-67-75-53(48-83)26-21-33-72(75)89-78(67)76(66)70/h16-47,50-51H,49H2,1-15H3/i16D,17D,18D,24D,25D. The second kappa shape index (κ2) is 22.0. The van der Waals surface area contributed by atoms with Gasteiger partial charge in [0.1, 0.15) is 24.0 Å².